The van der Waals surface area contributed by atoms with E-state index in [1.54, 1.807) is 12.1 Å². The number of hydrogen-bond acceptors (Lipinski definition) is 4. The van der Waals surface area contributed by atoms with Gasteiger partial charge in [-0.15, -0.1) is 0 Å². The van der Waals surface area contributed by atoms with Crippen LogP contribution in [-0.4, -0.2) is 49.9 Å². The summed E-state index contributed by atoms with van der Waals surface area (Å²) < 4.78 is 0. The van der Waals surface area contributed by atoms with E-state index in [0.29, 0.717) is 5.69 Å². The van der Waals surface area contributed by atoms with Crippen LogP contribution in [0.3, 0.4) is 0 Å². The van der Waals surface area contributed by atoms with Gasteiger partial charge in [-0.25, -0.2) is 4.98 Å². The molecule has 0 aliphatic carbocycles. The van der Waals surface area contributed by atoms with Crippen LogP contribution in [0.25, 0.3) is 17.0 Å². The lowest BCUT2D eigenvalue weighted by Crippen LogP contribution is -2.28. The molecule has 0 spiro atoms. The predicted molar refractivity (Wildman–Crippen MR) is 113 cm³/mol. The molecule has 4 heteroatoms. The fourth-order valence-electron chi connectivity index (χ4n) is 2.78. The second-order valence-electron chi connectivity index (χ2n) is 6.90. The number of pyridine rings is 1. The van der Waals surface area contributed by atoms with Gasteiger partial charge in [0.15, 0.2) is 0 Å². The molecule has 0 amide bonds. The number of para-hydroxylation sites is 1. The average Bonchev–Trinajstić information content (AvgIpc) is 2.70. The van der Waals surface area contributed by atoms with Gasteiger partial charge in [0.05, 0.1) is 5.52 Å². The number of carbonyl (C=O) groups is 1. The molecule has 4 nitrogen and oxygen atoms in total. The Morgan fingerprint density at radius 2 is 1.67 bits per heavy atom. The van der Waals surface area contributed by atoms with E-state index >= 15 is 0 Å². The summed E-state index contributed by atoms with van der Waals surface area (Å²) in [5.74, 6) is -0.0899. The highest BCUT2D eigenvalue weighted by Gasteiger charge is 2.05. The van der Waals surface area contributed by atoms with E-state index in [2.05, 4.69) is 48.1 Å². The molecule has 27 heavy (non-hydrogen) atoms. The Hall–Kier alpha value is -2.98. The third-order valence-electron chi connectivity index (χ3n) is 4.49. The molecule has 0 saturated carbocycles. The molecule has 0 aliphatic heterocycles. The Kier molecular flexibility index (Phi) is 5.99. The van der Waals surface area contributed by atoms with Gasteiger partial charge in [0.2, 0.25) is 5.78 Å². The molecule has 0 radical (unpaired) electrons. The molecule has 3 aromatic rings. The van der Waals surface area contributed by atoms with Crippen LogP contribution in [0.4, 0.5) is 5.69 Å². The summed E-state index contributed by atoms with van der Waals surface area (Å²) in [5.41, 5.74) is 3.46. The highest BCUT2D eigenvalue weighted by atomic mass is 16.1. The van der Waals surface area contributed by atoms with E-state index < -0.39 is 0 Å². The van der Waals surface area contributed by atoms with Crippen molar-refractivity contribution in [3.63, 3.8) is 0 Å². The van der Waals surface area contributed by atoms with Gasteiger partial charge in [0, 0.05) is 31.2 Å². The first-order valence-electron chi connectivity index (χ1n) is 9.07. The third kappa shape index (κ3) is 5.02. The molecule has 138 valence electrons. The van der Waals surface area contributed by atoms with Crippen LogP contribution in [0, 0.1) is 0 Å². The number of carbonyl (C=O) groups excluding carboxylic acids is 1. The SMILES string of the molecule is CN(C)CCN(C)c1ccc(C=CC(=O)c2ccc3ccccc3n2)cc1. The van der Waals surface area contributed by atoms with Crippen molar-refractivity contribution in [2.75, 3.05) is 39.1 Å². The molecule has 0 saturated heterocycles. The molecule has 0 unspecified atom stereocenters. The summed E-state index contributed by atoms with van der Waals surface area (Å²) in [5, 5.41) is 1.03. The quantitative estimate of drug-likeness (QED) is 0.469. The minimum Gasteiger partial charge on any atom is -0.373 e. The van der Waals surface area contributed by atoms with Crippen LogP contribution in [0.15, 0.2) is 66.7 Å². The topological polar surface area (TPSA) is 36.4 Å². The Labute approximate surface area is 160 Å². The first kappa shape index (κ1) is 18.8. The highest BCUT2D eigenvalue weighted by Crippen LogP contribution is 2.16. The third-order valence-corrected chi connectivity index (χ3v) is 4.49. The van der Waals surface area contributed by atoms with Gasteiger partial charge in [-0.2, -0.15) is 0 Å². The zero-order valence-corrected chi connectivity index (χ0v) is 16.1. The number of benzene rings is 2. The number of hydrogen-bond donors (Lipinski definition) is 0. The number of ketones is 1. The average molecular weight is 359 g/mol. The molecular weight excluding hydrogens is 334 g/mol. The molecule has 0 atom stereocenters. The van der Waals surface area contributed by atoms with Crippen LogP contribution in [0.2, 0.25) is 0 Å². The van der Waals surface area contributed by atoms with Gasteiger partial charge in [0.25, 0.3) is 0 Å². The Balaban J connectivity index is 1.66. The minimum atomic E-state index is -0.0899. The fraction of sp³-hybridized carbons (Fsp3) is 0.217. The minimum absolute atomic E-state index is 0.0899. The monoisotopic (exact) mass is 359 g/mol. The molecule has 1 aromatic heterocycles. The van der Waals surface area contributed by atoms with Crippen LogP contribution in [0.1, 0.15) is 16.1 Å². The number of aromatic nitrogens is 1. The van der Waals surface area contributed by atoms with Crippen molar-refractivity contribution in [1.29, 1.82) is 0 Å². The highest BCUT2D eigenvalue weighted by molar-refractivity contribution is 6.06. The smallest absolute Gasteiger partial charge is 0.204 e. The van der Waals surface area contributed by atoms with Gasteiger partial charge in [-0.1, -0.05) is 42.5 Å². The maximum absolute atomic E-state index is 12.4. The molecule has 1 heterocycles. The molecule has 3 rings (SSSR count). The Morgan fingerprint density at radius 1 is 0.926 bits per heavy atom. The standard InChI is InChI=1S/C23H25N3O/c1-25(2)16-17-26(3)20-12-8-18(9-13-20)10-15-23(27)22-14-11-19-6-4-5-7-21(19)24-22/h4-15H,16-17H2,1-3H3. The molecule has 0 N–H and O–H groups in total. The van der Waals surface area contributed by atoms with E-state index in [1.807, 2.05) is 48.5 Å². The second kappa shape index (κ2) is 8.60. The summed E-state index contributed by atoms with van der Waals surface area (Å²) in [6.07, 6.45) is 3.42. The normalized spacial score (nSPS) is 11.4. The maximum Gasteiger partial charge on any atom is 0.204 e. The van der Waals surface area contributed by atoms with Crippen molar-refractivity contribution >= 4 is 28.4 Å². The first-order valence-corrected chi connectivity index (χ1v) is 9.07. The predicted octanol–water partition coefficient (Wildman–Crippen LogP) is 4.13. The van der Waals surface area contributed by atoms with Crippen molar-refractivity contribution < 1.29 is 4.79 Å². The number of fused-ring (bicyclic) bond motifs is 1. The summed E-state index contributed by atoms with van der Waals surface area (Å²) >= 11 is 0. The van der Waals surface area contributed by atoms with Crippen molar-refractivity contribution in [2.24, 2.45) is 0 Å². The number of nitrogens with zero attached hydrogens (tertiary/aromatic N) is 3. The Bertz CT molecular complexity index is 945. The Morgan fingerprint density at radius 3 is 2.41 bits per heavy atom. The van der Waals surface area contributed by atoms with Gasteiger partial charge in [-0.05, 0) is 50.0 Å². The van der Waals surface area contributed by atoms with Gasteiger partial charge < -0.3 is 9.80 Å². The summed E-state index contributed by atoms with van der Waals surface area (Å²) in [4.78, 5) is 21.3. The van der Waals surface area contributed by atoms with Crippen LogP contribution < -0.4 is 4.90 Å². The van der Waals surface area contributed by atoms with Crippen LogP contribution >= 0.6 is 0 Å². The molecule has 0 bridgehead atoms. The van der Waals surface area contributed by atoms with Gasteiger partial charge in [0.1, 0.15) is 5.69 Å². The summed E-state index contributed by atoms with van der Waals surface area (Å²) in [6, 6.07) is 19.7. The van der Waals surface area contributed by atoms with E-state index in [-0.39, 0.29) is 5.78 Å². The zero-order valence-electron chi connectivity index (χ0n) is 16.1. The number of anilines is 1. The van der Waals surface area contributed by atoms with E-state index in [9.17, 15) is 4.79 Å². The number of allylic oxidation sites excluding steroid dienone is 1. The number of rotatable bonds is 7. The maximum atomic E-state index is 12.4. The van der Waals surface area contributed by atoms with Crippen molar-refractivity contribution in [2.45, 2.75) is 0 Å². The molecule has 0 aliphatic rings. The van der Waals surface area contributed by atoms with Gasteiger partial charge >= 0.3 is 0 Å². The van der Waals surface area contributed by atoms with Crippen molar-refractivity contribution in [3.05, 3.63) is 78.0 Å². The second-order valence-corrected chi connectivity index (χ2v) is 6.90. The van der Waals surface area contributed by atoms with E-state index in [4.69, 9.17) is 0 Å². The molecule has 2 aromatic carbocycles. The molecule has 0 fully saturated rings. The van der Waals surface area contributed by atoms with Crippen LogP contribution in [-0.2, 0) is 0 Å². The lowest BCUT2D eigenvalue weighted by atomic mass is 10.1. The summed E-state index contributed by atoms with van der Waals surface area (Å²) in [7, 11) is 6.23. The zero-order chi connectivity index (χ0) is 19.2. The van der Waals surface area contributed by atoms with E-state index in [0.717, 1.165) is 35.2 Å². The molecular formula is C23H25N3O. The van der Waals surface area contributed by atoms with Crippen LogP contribution in [0.5, 0.6) is 0 Å². The summed E-state index contributed by atoms with van der Waals surface area (Å²) in [6.45, 7) is 1.97. The number of likely N-dealkylation sites (N-methyl/N-ethyl adjacent to an activating group) is 2. The first-order chi connectivity index (χ1) is 13.0. The van der Waals surface area contributed by atoms with Crippen molar-refractivity contribution in [3.8, 4) is 0 Å². The fourth-order valence-corrected chi connectivity index (χ4v) is 2.78. The largest absolute Gasteiger partial charge is 0.373 e. The lowest BCUT2D eigenvalue weighted by Gasteiger charge is -2.21. The van der Waals surface area contributed by atoms with Gasteiger partial charge in [-0.3, -0.25) is 4.79 Å². The van der Waals surface area contributed by atoms with Crippen molar-refractivity contribution in [1.82, 2.24) is 9.88 Å². The lowest BCUT2D eigenvalue weighted by molar-refractivity contribution is 0.104. The van der Waals surface area contributed by atoms with E-state index in [1.165, 1.54) is 0 Å².